The van der Waals surface area contributed by atoms with Crippen LogP contribution in [-0.4, -0.2) is 38.3 Å². The highest BCUT2D eigenvalue weighted by molar-refractivity contribution is 5.82. The summed E-state index contributed by atoms with van der Waals surface area (Å²) in [5, 5.41) is 12.2. The lowest BCUT2D eigenvalue weighted by molar-refractivity contribution is 0.226. The Bertz CT molecular complexity index is 553. The number of aliphatic hydroxyl groups is 1. The average molecular weight is 277 g/mol. The van der Waals surface area contributed by atoms with Gasteiger partial charge in [-0.25, -0.2) is 15.0 Å². The molecular formula is C14H23N5O. The molecule has 0 aromatic carbocycles. The van der Waals surface area contributed by atoms with Crippen LogP contribution in [0.15, 0.2) is 12.7 Å². The molecule has 0 saturated heterocycles. The number of nitrogens with one attached hydrogen (secondary N) is 1. The maximum atomic E-state index is 9.22. The molecule has 3 rings (SSSR count). The van der Waals surface area contributed by atoms with E-state index in [2.05, 4.69) is 24.8 Å². The molecule has 0 radical (unpaired) electrons. The fourth-order valence-corrected chi connectivity index (χ4v) is 2.77. The number of fused-ring (bicyclic) bond motifs is 1. The summed E-state index contributed by atoms with van der Waals surface area (Å²) >= 11 is 0. The summed E-state index contributed by atoms with van der Waals surface area (Å²) in [6.45, 7) is 4.28. The molecule has 20 heavy (non-hydrogen) atoms. The van der Waals surface area contributed by atoms with E-state index in [-0.39, 0.29) is 6.61 Å². The van der Waals surface area contributed by atoms with Gasteiger partial charge in [0.1, 0.15) is 11.8 Å². The lowest BCUT2D eigenvalue weighted by Crippen LogP contribution is -2.07. The maximum Gasteiger partial charge on any atom is 0.165 e. The van der Waals surface area contributed by atoms with Crippen molar-refractivity contribution in [3.63, 3.8) is 0 Å². The monoisotopic (exact) mass is 277 g/mol. The first kappa shape index (κ1) is 14.7. The molecule has 0 aliphatic heterocycles. The normalized spacial score (nSPS) is 21.6. The molecule has 110 valence electrons. The van der Waals surface area contributed by atoms with E-state index in [0.717, 1.165) is 36.2 Å². The first-order valence-electron chi connectivity index (χ1n) is 7.29. The summed E-state index contributed by atoms with van der Waals surface area (Å²) in [5.41, 5.74) is 1.69. The van der Waals surface area contributed by atoms with E-state index in [1.54, 1.807) is 6.33 Å². The van der Waals surface area contributed by atoms with Crippen LogP contribution in [0.25, 0.3) is 11.2 Å². The number of nitrogens with zero attached hydrogens (tertiary/aromatic N) is 4. The van der Waals surface area contributed by atoms with E-state index in [0.29, 0.717) is 12.0 Å². The topological polar surface area (TPSA) is 75.9 Å². The van der Waals surface area contributed by atoms with Crippen molar-refractivity contribution in [3.8, 4) is 0 Å². The van der Waals surface area contributed by atoms with Crippen LogP contribution >= 0.6 is 0 Å². The quantitative estimate of drug-likeness (QED) is 0.899. The summed E-state index contributed by atoms with van der Waals surface area (Å²) in [6.07, 6.45) is 6.55. The van der Waals surface area contributed by atoms with E-state index in [9.17, 15) is 5.11 Å². The fourth-order valence-electron chi connectivity index (χ4n) is 2.77. The van der Waals surface area contributed by atoms with Gasteiger partial charge in [0.05, 0.1) is 6.33 Å². The molecule has 2 aromatic heterocycles. The second-order valence-electron chi connectivity index (χ2n) is 4.81. The molecule has 1 fully saturated rings. The first-order valence-corrected chi connectivity index (χ1v) is 7.29. The average Bonchev–Trinajstić information content (AvgIpc) is 3.14. The van der Waals surface area contributed by atoms with Crippen molar-refractivity contribution < 1.29 is 5.11 Å². The van der Waals surface area contributed by atoms with Gasteiger partial charge < -0.3 is 15.0 Å². The molecular weight excluding hydrogens is 254 g/mol. The van der Waals surface area contributed by atoms with Gasteiger partial charge in [0.2, 0.25) is 0 Å². The molecule has 0 amide bonds. The zero-order chi connectivity index (χ0) is 14.5. The van der Waals surface area contributed by atoms with Gasteiger partial charge in [0.15, 0.2) is 11.5 Å². The molecule has 1 aliphatic rings. The highest BCUT2D eigenvalue weighted by Gasteiger charge is 2.27. The van der Waals surface area contributed by atoms with Crippen LogP contribution in [0.2, 0.25) is 0 Å². The predicted octanol–water partition coefficient (Wildman–Crippen LogP) is 2.23. The lowest BCUT2D eigenvalue weighted by Gasteiger charge is -2.12. The van der Waals surface area contributed by atoms with Crippen molar-refractivity contribution in [2.45, 2.75) is 39.2 Å². The Hall–Kier alpha value is -1.69. The predicted molar refractivity (Wildman–Crippen MR) is 79.7 cm³/mol. The highest BCUT2D eigenvalue weighted by atomic mass is 16.3. The Morgan fingerprint density at radius 3 is 2.75 bits per heavy atom. The summed E-state index contributed by atoms with van der Waals surface area (Å²) in [5.74, 6) is 1.17. The zero-order valence-corrected chi connectivity index (χ0v) is 12.4. The van der Waals surface area contributed by atoms with Gasteiger partial charge in [-0.1, -0.05) is 13.8 Å². The number of anilines is 1. The molecule has 0 bridgehead atoms. The van der Waals surface area contributed by atoms with Crippen molar-refractivity contribution in [2.75, 3.05) is 19.0 Å². The molecule has 2 N–H and O–H groups in total. The van der Waals surface area contributed by atoms with Gasteiger partial charge in [0, 0.05) is 19.7 Å². The van der Waals surface area contributed by atoms with Crippen molar-refractivity contribution in [1.82, 2.24) is 19.5 Å². The SMILES string of the molecule is CC.CNc1ncnc2c1ncn2C1CCC(CO)C1. The number of hydrogen-bond acceptors (Lipinski definition) is 5. The Labute approximate surface area is 119 Å². The fraction of sp³-hybridized carbons (Fsp3) is 0.643. The van der Waals surface area contributed by atoms with E-state index in [1.807, 2.05) is 27.2 Å². The highest BCUT2D eigenvalue weighted by Crippen LogP contribution is 2.35. The number of rotatable bonds is 3. The Kier molecular flexibility index (Phi) is 4.89. The lowest BCUT2D eigenvalue weighted by atomic mass is 10.1. The molecule has 2 atom stereocenters. The van der Waals surface area contributed by atoms with E-state index in [4.69, 9.17) is 0 Å². The van der Waals surface area contributed by atoms with Crippen LogP contribution in [0.5, 0.6) is 0 Å². The third kappa shape index (κ3) is 2.60. The summed E-state index contributed by atoms with van der Waals surface area (Å²) in [6, 6.07) is 0.395. The Morgan fingerprint density at radius 2 is 2.10 bits per heavy atom. The van der Waals surface area contributed by atoms with Gasteiger partial charge in [-0.2, -0.15) is 0 Å². The smallest absolute Gasteiger partial charge is 0.165 e. The Balaban J connectivity index is 0.000000704. The number of imidazole rings is 1. The zero-order valence-electron chi connectivity index (χ0n) is 12.4. The van der Waals surface area contributed by atoms with Crippen LogP contribution < -0.4 is 5.32 Å². The molecule has 2 heterocycles. The van der Waals surface area contributed by atoms with Crippen LogP contribution in [0, 0.1) is 5.92 Å². The first-order chi connectivity index (χ1) is 9.83. The minimum Gasteiger partial charge on any atom is -0.396 e. The Morgan fingerprint density at radius 1 is 1.30 bits per heavy atom. The summed E-state index contributed by atoms with van der Waals surface area (Å²) < 4.78 is 2.12. The summed E-state index contributed by atoms with van der Waals surface area (Å²) in [4.78, 5) is 12.9. The molecule has 6 heteroatoms. The third-order valence-corrected chi connectivity index (χ3v) is 3.76. The van der Waals surface area contributed by atoms with Crippen LogP contribution in [0.1, 0.15) is 39.2 Å². The van der Waals surface area contributed by atoms with Crippen molar-refractivity contribution in [1.29, 1.82) is 0 Å². The van der Waals surface area contributed by atoms with Gasteiger partial charge in [-0.3, -0.25) is 0 Å². The van der Waals surface area contributed by atoms with Gasteiger partial charge in [0.25, 0.3) is 0 Å². The van der Waals surface area contributed by atoms with Crippen LogP contribution in [0.4, 0.5) is 5.82 Å². The molecule has 1 aliphatic carbocycles. The van der Waals surface area contributed by atoms with Gasteiger partial charge in [-0.05, 0) is 25.2 Å². The number of aliphatic hydroxyl groups excluding tert-OH is 1. The van der Waals surface area contributed by atoms with E-state index in [1.165, 1.54) is 0 Å². The van der Waals surface area contributed by atoms with Crippen molar-refractivity contribution >= 4 is 17.0 Å². The molecule has 0 spiro atoms. The minimum atomic E-state index is 0.278. The van der Waals surface area contributed by atoms with E-state index < -0.39 is 0 Å². The van der Waals surface area contributed by atoms with Crippen LogP contribution in [-0.2, 0) is 0 Å². The van der Waals surface area contributed by atoms with Gasteiger partial charge in [-0.15, -0.1) is 0 Å². The maximum absolute atomic E-state index is 9.22. The molecule has 2 aromatic rings. The second kappa shape index (κ2) is 6.65. The molecule has 1 saturated carbocycles. The largest absolute Gasteiger partial charge is 0.396 e. The minimum absolute atomic E-state index is 0.278. The molecule has 6 nitrogen and oxygen atoms in total. The van der Waals surface area contributed by atoms with Gasteiger partial charge >= 0.3 is 0 Å². The third-order valence-electron chi connectivity index (χ3n) is 3.76. The van der Waals surface area contributed by atoms with Crippen molar-refractivity contribution in [2.24, 2.45) is 5.92 Å². The number of aromatic nitrogens is 4. The standard InChI is InChI=1S/C12H17N5O.C2H6/c1-13-11-10-12(15-6-14-11)17(7-16-10)9-3-2-8(4-9)5-18;1-2/h6-9,18H,2-5H2,1H3,(H,13,14,15);1-2H3. The van der Waals surface area contributed by atoms with E-state index >= 15 is 0 Å². The number of hydrogen-bond donors (Lipinski definition) is 2. The summed E-state index contributed by atoms with van der Waals surface area (Å²) in [7, 11) is 1.83. The second-order valence-corrected chi connectivity index (χ2v) is 4.81. The molecule has 2 unspecified atom stereocenters. The van der Waals surface area contributed by atoms with Crippen molar-refractivity contribution in [3.05, 3.63) is 12.7 Å². The van der Waals surface area contributed by atoms with Crippen LogP contribution in [0.3, 0.4) is 0 Å².